The van der Waals surface area contributed by atoms with Gasteiger partial charge in [0.25, 0.3) is 0 Å². The van der Waals surface area contributed by atoms with Gasteiger partial charge in [-0.2, -0.15) is 0 Å². The number of aromatic hydroxyl groups is 1. The molecule has 0 heterocycles. The summed E-state index contributed by atoms with van der Waals surface area (Å²) in [6.45, 7) is 1.14. The van der Waals surface area contributed by atoms with Crippen LogP contribution in [0.25, 0.3) is 0 Å². The van der Waals surface area contributed by atoms with Crippen LogP contribution in [0.4, 0.5) is 0 Å². The van der Waals surface area contributed by atoms with Crippen molar-refractivity contribution in [3.63, 3.8) is 0 Å². The van der Waals surface area contributed by atoms with Crippen LogP contribution in [0.15, 0.2) is 24.3 Å². The summed E-state index contributed by atoms with van der Waals surface area (Å²) in [5.74, 6) is -0.437. The monoisotopic (exact) mass is 209 g/mol. The van der Waals surface area contributed by atoms with Gasteiger partial charge in [0, 0.05) is 6.92 Å². The summed E-state index contributed by atoms with van der Waals surface area (Å²) in [6, 6.07) is 5.73. The molecule has 0 aliphatic carbocycles. The van der Waals surface area contributed by atoms with Crippen molar-refractivity contribution in [1.29, 1.82) is 0 Å². The van der Waals surface area contributed by atoms with Crippen molar-refractivity contribution in [3.8, 4) is 11.5 Å². The number of carbonyl (C=O) groups is 2. The molecule has 0 aliphatic rings. The Morgan fingerprint density at radius 2 is 1.93 bits per heavy atom. The molecular weight excluding hydrogens is 198 g/mol. The number of ether oxygens (including phenoxy) is 1. The summed E-state index contributed by atoms with van der Waals surface area (Å²) in [7, 11) is 0. The maximum absolute atomic E-state index is 11.1. The minimum absolute atomic E-state index is 0.0941. The molecule has 0 saturated carbocycles. The second kappa shape index (κ2) is 4.99. The van der Waals surface area contributed by atoms with Crippen LogP contribution in [0.2, 0.25) is 0 Å². The molecule has 0 saturated heterocycles. The van der Waals surface area contributed by atoms with E-state index in [1.165, 1.54) is 31.2 Å². The highest BCUT2D eigenvalue weighted by Crippen LogP contribution is 2.15. The molecule has 1 amide bonds. The van der Waals surface area contributed by atoms with Crippen molar-refractivity contribution >= 4 is 11.9 Å². The van der Waals surface area contributed by atoms with Gasteiger partial charge in [0.15, 0.2) is 0 Å². The first-order chi connectivity index (χ1) is 7.08. The van der Waals surface area contributed by atoms with Crippen LogP contribution in [0.1, 0.15) is 6.92 Å². The number of carbonyl (C=O) groups excluding carboxylic acids is 2. The Morgan fingerprint density at radius 1 is 1.33 bits per heavy atom. The summed E-state index contributed by atoms with van der Waals surface area (Å²) in [6.07, 6.45) is 0. The predicted octanol–water partition coefficient (Wildman–Crippen LogP) is 0.434. The highest BCUT2D eigenvalue weighted by molar-refractivity contribution is 5.81. The van der Waals surface area contributed by atoms with Gasteiger partial charge in [-0.1, -0.05) is 0 Å². The third-order valence-corrected chi connectivity index (χ3v) is 1.55. The molecule has 0 aromatic heterocycles. The van der Waals surface area contributed by atoms with Crippen LogP contribution >= 0.6 is 0 Å². The van der Waals surface area contributed by atoms with Gasteiger partial charge in [-0.25, -0.2) is 4.79 Å². The zero-order valence-corrected chi connectivity index (χ0v) is 8.19. The van der Waals surface area contributed by atoms with Gasteiger partial charge < -0.3 is 15.2 Å². The van der Waals surface area contributed by atoms with Crippen molar-refractivity contribution < 1.29 is 19.4 Å². The Balaban J connectivity index is 2.44. The van der Waals surface area contributed by atoms with Crippen LogP contribution < -0.4 is 10.1 Å². The molecule has 0 atom stereocenters. The normalized spacial score (nSPS) is 9.40. The van der Waals surface area contributed by atoms with E-state index in [0.29, 0.717) is 5.75 Å². The maximum Gasteiger partial charge on any atom is 0.330 e. The molecule has 2 N–H and O–H groups in total. The first-order valence-electron chi connectivity index (χ1n) is 4.32. The van der Waals surface area contributed by atoms with Crippen molar-refractivity contribution in [2.45, 2.75) is 6.92 Å². The van der Waals surface area contributed by atoms with Crippen LogP contribution in [-0.4, -0.2) is 23.5 Å². The van der Waals surface area contributed by atoms with E-state index in [1.807, 2.05) is 0 Å². The quantitative estimate of drug-likeness (QED) is 0.559. The summed E-state index contributed by atoms with van der Waals surface area (Å²) < 4.78 is 4.86. The first-order valence-corrected chi connectivity index (χ1v) is 4.32. The first kappa shape index (κ1) is 11.0. The lowest BCUT2D eigenvalue weighted by Crippen LogP contribution is -2.29. The maximum atomic E-state index is 11.1. The predicted molar refractivity (Wildman–Crippen MR) is 52.4 cm³/mol. The van der Waals surface area contributed by atoms with E-state index in [-0.39, 0.29) is 18.2 Å². The summed E-state index contributed by atoms with van der Waals surface area (Å²) in [5, 5.41) is 11.3. The highest BCUT2D eigenvalue weighted by Gasteiger charge is 2.04. The van der Waals surface area contributed by atoms with Gasteiger partial charge >= 0.3 is 5.97 Å². The fraction of sp³-hybridized carbons (Fsp3) is 0.200. The third-order valence-electron chi connectivity index (χ3n) is 1.55. The topological polar surface area (TPSA) is 75.6 Å². The minimum atomic E-state index is -0.559. The smallest absolute Gasteiger partial charge is 0.330 e. The number of hydrogen-bond acceptors (Lipinski definition) is 4. The Morgan fingerprint density at radius 3 is 2.47 bits per heavy atom. The lowest BCUT2D eigenvalue weighted by Gasteiger charge is -2.04. The molecule has 1 aromatic rings. The number of amides is 1. The number of rotatable bonds is 3. The van der Waals surface area contributed by atoms with Gasteiger partial charge in [0.05, 0.1) is 0 Å². The van der Waals surface area contributed by atoms with E-state index in [2.05, 4.69) is 5.32 Å². The molecule has 5 nitrogen and oxygen atoms in total. The second-order valence-corrected chi connectivity index (χ2v) is 2.88. The zero-order chi connectivity index (χ0) is 11.3. The van der Waals surface area contributed by atoms with Gasteiger partial charge in [-0.05, 0) is 24.3 Å². The Labute approximate surface area is 86.7 Å². The molecule has 0 unspecified atom stereocenters. The number of phenols is 1. The second-order valence-electron chi connectivity index (χ2n) is 2.88. The molecule has 5 heteroatoms. The highest BCUT2D eigenvalue weighted by atomic mass is 16.5. The van der Waals surface area contributed by atoms with Crippen molar-refractivity contribution in [1.82, 2.24) is 5.32 Å². The molecule has 1 rings (SSSR count). The van der Waals surface area contributed by atoms with E-state index < -0.39 is 5.97 Å². The summed E-state index contributed by atoms with van der Waals surface area (Å²) in [5.41, 5.74) is 0. The van der Waals surface area contributed by atoms with Crippen LogP contribution in [0.5, 0.6) is 11.5 Å². The SMILES string of the molecule is CC(=O)NCC(=O)Oc1ccc(O)cc1. The molecule has 15 heavy (non-hydrogen) atoms. The average molecular weight is 209 g/mol. The molecule has 0 fully saturated rings. The number of hydrogen-bond donors (Lipinski definition) is 2. The molecule has 0 spiro atoms. The zero-order valence-electron chi connectivity index (χ0n) is 8.19. The third kappa shape index (κ3) is 4.12. The molecule has 0 aliphatic heterocycles. The molecule has 80 valence electrons. The lowest BCUT2D eigenvalue weighted by atomic mass is 10.3. The standard InChI is InChI=1S/C10H11NO4/c1-7(12)11-6-10(14)15-9-4-2-8(13)3-5-9/h2-5,13H,6H2,1H3,(H,11,12). The Bertz CT molecular complexity index is 358. The van der Waals surface area contributed by atoms with Gasteiger partial charge in [0.1, 0.15) is 18.0 Å². The lowest BCUT2D eigenvalue weighted by molar-refractivity contribution is -0.135. The van der Waals surface area contributed by atoms with E-state index in [9.17, 15) is 9.59 Å². The Kier molecular flexibility index (Phi) is 3.68. The van der Waals surface area contributed by atoms with Crippen molar-refractivity contribution in [2.24, 2.45) is 0 Å². The largest absolute Gasteiger partial charge is 0.508 e. The summed E-state index contributed by atoms with van der Waals surface area (Å²) >= 11 is 0. The minimum Gasteiger partial charge on any atom is -0.508 e. The van der Waals surface area contributed by atoms with Gasteiger partial charge in [-0.3, -0.25) is 4.79 Å². The molecule has 0 bridgehead atoms. The van der Waals surface area contributed by atoms with Crippen molar-refractivity contribution in [3.05, 3.63) is 24.3 Å². The number of benzene rings is 1. The van der Waals surface area contributed by atoms with Crippen molar-refractivity contribution in [2.75, 3.05) is 6.54 Å². The van der Waals surface area contributed by atoms with Gasteiger partial charge in [0.2, 0.25) is 5.91 Å². The van der Waals surface area contributed by atoms with Crippen LogP contribution in [0.3, 0.4) is 0 Å². The fourth-order valence-electron chi connectivity index (χ4n) is 0.878. The van der Waals surface area contributed by atoms with Crippen LogP contribution in [0, 0.1) is 0 Å². The Hall–Kier alpha value is -2.04. The van der Waals surface area contributed by atoms with E-state index >= 15 is 0 Å². The number of esters is 1. The number of phenolic OH excluding ortho intramolecular Hbond substituents is 1. The summed E-state index contributed by atoms with van der Waals surface area (Å²) in [4.78, 5) is 21.6. The van der Waals surface area contributed by atoms with E-state index in [0.717, 1.165) is 0 Å². The molecule has 0 radical (unpaired) electrons. The molecular formula is C10H11NO4. The van der Waals surface area contributed by atoms with Gasteiger partial charge in [-0.15, -0.1) is 0 Å². The fourth-order valence-corrected chi connectivity index (χ4v) is 0.878. The van der Waals surface area contributed by atoms with Crippen LogP contribution in [-0.2, 0) is 9.59 Å². The molecule has 1 aromatic carbocycles. The average Bonchev–Trinajstić information content (AvgIpc) is 2.19. The van der Waals surface area contributed by atoms with E-state index in [4.69, 9.17) is 9.84 Å². The van der Waals surface area contributed by atoms with E-state index in [1.54, 1.807) is 0 Å². The number of nitrogens with one attached hydrogen (secondary N) is 1.